The summed E-state index contributed by atoms with van der Waals surface area (Å²) in [6.45, 7) is 1.66. The molecule has 7 nitrogen and oxygen atoms in total. The highest BCUT2D eigenvalue weighted by Crippen LogP contribution is 2.29. The van der Waals surface area contributed by atoms with Crippen molar-refractivity contribution >= 4 is 5.84 Å². The van der Waals surface area contributed by atoms with Crippen molar-refractivity contribution in [1.82, 2.24) is 19.7 Å². The van der Waals surface area contributed by atoms with E-state index in [1.54, 1.807) is 0 Å². The molecule has 0 fully saturated rings. The van der Waals surface area contributed by atoms with Crippen LogP contribution in [0.3, 0.4) is 0 Å². The Hall–Kier alpha value is -1.84. The molecular weight excluding hydrogens is 277 g/mol. The average molecular weight is 292 g/mol. The lowest BCUT2D eigenvalue weighted by molar-refractivity contribution is -0.148. The van der Waals surface area contributed by atoms with Crippen molar-refractivity contribution in [2.75, 3.05) is 13.1 Å². The molecule has 1 aromatic heterocycles. The van der Waals surface area contributed by atoms with Gasteiger partial charge in [-0.3, -0.25) is 4.90 Å². The molecule has 1 aliphatic heterocycles. The van der Waals surface area contributed by atoms with E-state index in [1.165, 1.54) is 0 Å². The lowest BCUT2D eigenvalue weighted by atomic mass is 10.2. The highest BCUT2D eigenvalue weighted by molar-refractivity contribution is 5.79. The second-order valence-corrected chi connectivity index (χ2v) is 4.56. The molecule has 0 saturated heterocycles. The smallest absolute Gasteiger partial charge is 0.409 e. The number of hydrogen-bond acceptors (Lipinski definition) is 5. The van der Waals surface area contributed by atoms with E-state index in [9.17, 15) is 13.2 Å². The lowest BCUT2D eigenvalue weighted by Gasteiger charge is -2.27. The zero-order chi connectivity index (χ0) is 14.8. The molecule has 1 aliphatic rings. The van der Waals surface area contributed by atoms with Crippen LogP contribution in [0.25, 0.3) is 0 Å². The number of alkyl halides is 3. The molecule has 10 heteroatoms. The minimum absolute atomic E-state index is 0.143. The number of fused-ring (bicyclic) bond motifs is 1. The Morgan fingerprint density at radius 1 is 1.35 bits per heavy atom. The molecule has 0 atom stereocenters. The Labute approximate surface area is 112 Å². The van der Waals surface area contributed by atoms with Gasteiger partial charge in [-0.25, -0.2) is 0 Å². The largest absolute Gasteiger partial charge is 0.451 e. The quantitative estimate of drug-likeness (QED) is 0.368. The van der Waals surface area contributed by atoms with E-state index in [0.29, 0.717) is 38.3 Å². The number of oxime groups is 1. The second kappa shape index (κ2) is 5.65. The van der Waals surface area contributed by atoms with Crippen molar-refractivity contribution in [3.63, 3.8) is 0 Å². The molecule has 2 rings (SSSR count). The van der Waals surface area contributed by atoms with Crippen LogP contribution in [-0.4, -0.2) is 43.8 Å². The van der Waals surface area contributed by atoms with Gasteiger partial charge in [0.05, 0.1) is 6.54 Å². The summed E-state index contributed by atoms with van der Waals surface area (Å²) in [5.41, 5.74) is 5.35. The van der Waals surface area contributed by atoms with E-state index in [0.717, 1.165) is 4.57 Å². The van der Waals surface area contributed by atoms with Crippen molar-refractivity contribution in [3.05, 3.63) is 11.6 Å². The van der Waals surface area contributed by atoms with Crippen molar-refractivity contribution in [2.45, 2.75) is 32.1 Å². The molecule has 0 aliphatic carbocycles. The summed E-state index contributed by atoms with van der Waals surface area (Å²) < 4.78 is 39.1. The van der Waals surface area contributed by atoms with E-state index in [2.05, 4.69) is 15.4 Å². The summed E-state index contributed by atoms with van der Waals surface area (Å²) in [7, 11) is 0. The summed E-state index contributed by atoms with van der Waals surface area (Å²) >= 11 is 0. The average Bonchev–Trinajstić information content (AvgIpc) is 2.81. The first-order chi connectivity index (χ1) is 9.41. The SMILES string of the molecule is NC(CCCN1CCn2c(nnc2C(F)(F)F)C1)=NO. The van der Waals surface area contributed by atoms with Crippen LogP contribution < -0.4 is 5.73 Å². The Balaban J connectivity index is 1.94. The van der Waals surface area contributed by atoms with E-state index < -0.39 is 12.0 Å². The second-order valence-electron chi connectivity index (χ2n) is 4.56. The van der Waals surface area contributed by atoms with Gasteiger partial charge in [0.1, 0.15) is 11.7 Å². The normalized spacial score (nSPS) is 17.2. The number of rotatable bonds is 4. The van der Waals surface area contributed by atoms with Crippen molar-refractivity contribution in [3.8, 4) is 0 Å². The predicted octanol–water partition coefficient (Wildman–Crippen LogP) is 0.639. The van der Waals surface area contributed by atoms with Gasteiger partial charge in [-0.15, -0.1) is 10.2 Å². The molecule has 1 aromatic rings. The van der Waals surface area contributed by atoms with Gasteiger partial charge < -0.3 is 15.5 Å². The van der Waals surface area contributed by atoms with Gasteiger partial charge in [0.25, 0.3) is 0 Å². The van der Waals surface area contributed by atoms with Crippen molar-refractivity contribution in [2.24, 2.45) is 10.9 Å². The third-order valence-electron chi connectivity index (χ3n) is 3.12. The van der Waals surface area contributed by atoms with Crippen LogP contribution in [0, 0.1) is 0 Å². The fourth-order valence-electron chi connectivity index (χ4n) is 2.14. The summed E-state index contributed by atoms with van der Waals surface area (Å²) in [6.07, 6.45) is -3.37. The summed E-state index contributed by atoms with van der Waals surface area (Å²) in [5, 5.41) is 18.1. The van der Waals surface area contributed by atoms with Gasteiger partial charge in [0.2, 0.25) is 5.82 Å². The minimum Gasteiger partial charge on any atom is -0.409 e. The zero-order valence-corrected chi connectivity index (χ0v) is 10.6. The molecule has 0 radical (unpaired) electrons. The third kappa shape index (κ3) is 3.18. The molecule has 2 heterocycles. The molecule has 0 aromatic carbocycles. The molecular formula is C10H15F3N6O. The number of amidine groups is 1. The highest BCUT2D eigenvalue weighted by Gasteiger charge is 2.39. The van der Waals surface area contributed by atoms with Crippen LogP contribution in [-0.2, 0) is 19.3 Å². The van der Waals surface area contributed by atoms with Gasteiger partial charge >= 0.3 is 6.18 Å². The molecule has 0 spiro atoms. The first-order valence-corrected chi connectivity index (χ1v) is 6.10. The minimum atomic E-state index is -4.47. The first kappa shape index (κ1) is 14.6. The summed E-state index contributed by atoms with van der Waals surface area (Å²) in [4.78, 5) is 1.97. The van der Waals surface area contributed by atoms with Crippen LogP contribution in [0.2, 0.25) is 0 Å². The maximum Gasteiger partial charge on any atom is 0.451 e. The van der Waals surface area contributed by atoms with Gasteiger partial charge in [0.15, 0.2) is 0 Å². The van der Waals surface area contributed by atoms with E-state index in [1.807, 2.05) is 4.90 Å². The van der Waals surface area contributed by atoms with Crippen molar-refractivity contribution in [1.29, 1.82) is 0 Å². The van der Waals surface area contributed by atoms with Gasteiger partial charge in [-0.05, 0) is 13.0 Å². The molecule has 112 valence electrons. The fourth-order valence-corrected chi connectivity index (χ4v) is 2.14. The zero-order valence-electron chi connectivity index (χ0n) is 10.6. The maximum absolute atomic E-state index is 12.6. The van der Waals surface area contributed by atoms with Crippen LogP contribution >= 0.6 is 0 Å². The lowest BCUT2D eigenvalue weighted by Crippen LogP contribution is -2.36. The molecule has 0 saturated carbocycles. The van der Waals surface area contributed by atoms with Crippen LogP contribution in [0.15, 0.2) is 5.16 Å². The van der Waals surface area contributed by atoms with Crippen molar-refractivity contribution < 1.29 is 18.4 Å². The summed E-state index contributed by atoms with van der Waals surface area (Å²) in [6, 6.07) is 0. The molecule has 3 N–H and O–H groups in total. The number of hydrogen-bond donors (Lipinski definition) is 2. The summed E-state index contributed by atoms with van der Waals surface area (Å²) in [5.74, 6) is -0.485. The Morgan fingerprint density at radius 3 is 2.75 bits per heavy atom. The predicted molar refractivity (Wildman–Crippen MR) is 62.9 cm³/mol. The van der Waals surface area contributed by atoms with E-state index in [4.69, 9.17) is 10.9 Å². The van der Waals surface area contributed by atoms with Crippen LogP contribution in [0.5, 0.6) is 0 Å². The van der Waals surface area contributed by atoms with Gasteiger partial charge in [-0.2, -0.15) is 13.2 Å². The Bertz CT molecular complexity index is 498. The Morgan fingerprint density at radius 2 is 2.10 bits per heavy atom. The molecule has 0 unspecified atom stereocenters. The monoisotopic (exact) mass is 292 g/mol. The first-order valence-electron chi connectivity index (χ1n) is 6.10. The number of aromatic nitrogens is 3. The maximum atomic E-state index is 12.6. The van der Waals surface area contributed by atoms with Gasteiger partial charge in [0, 0.05) is 19.5 Å². The molecule has 0 bridgehead atoms. The standard InChI is InChI=1S/C10H15F3N6O/c11-10(12,13)9-16-15-8-6-18(4-5-19(8)9)3-1-2-7(14)17-20/h20H,1-6H2,(H2,14,17). The van der Waals surface area contributed by atoms with Gasteiger partial charge in [-0.1, -0.05) is 5.16 Å². The fraction of sp³-hybridized carbons (Fsp3) is 0.700. The van der Waals surface area contributed by atoms with Crippen LogP contribution in [0.4, 0.5) is 13.2 Å². The van der Waals surface area contributed by atoms with Crippen LogP contribution in [0.1, 0.15) is 24.5 Å². The highest BCUT2D eigenvalue weighted by atomic mass is 19.4. The van der Waals surface area contributed by atoms with E-state index in [-0.39, 0.29) is 12.4 Å². The van der Waals surface area contributed by atoms with E-state index >= 15 is 0 Å². The third-order valence-corrected chi connectivity index (χ3v) is 3.12. The number of halogens is 3. The Kier molecular flexibility index (Phi) is 4.12. The number of nitrogens with zero attached hydrogens (tertiary/aromatic N) is 5. The molecule has 20 heavy (non-hydrogen) atoms. The number of nitrogens with two attached hydrogens (primary N) is 1. The topological polar surface area (TPSA) is 92.6 Å². The molecule has 0 amide bonds.